The van der Waals surface area contributed by atoms with Crippen LogP contribution in [0.4, 0.5) is 17.2 Å². The van der Waals surface area contributed by atoms with Crippen LogP contribution in [0.15, 0.2) is 24.3 Å². The minimum atomic E-state index is -0.740. The number of aryl methyl sites for hydroxylation is 2. The van der Waals surface area contributed by atoms with Gasteiger partial charge in [-0.1, -0.05) is 6.92 Å². The minimum Gasteiger partial charge on any atom is -0.352 e. The van der Waals surface area contributed by atoms with E-state index in [9.17, 15) is 25.0 Å². The number of non-ortho nitro benzene ring substituents is 2. The molecule has 1 saturated heterocycles. The monoisotopic (exact) mass is 456 g/mol. The van der Waals surface area contributed by atoms with Crippen LogP contribution in [0.3, 0.4) is 0 Å². The van der Waals surface area contributed by atoms with Gasteiger partial charge < -0.3 is 9.80 Å². The molecule has 0 saturated carbocycles. The smallest absolute Gasteiger partial charge is 0.277 e. The number of nitro groups is 2. The molecule has 2 aromatic heterocycles. The van der Waals surface area contributed by atoms with E-state index in [4.69, 9.17) is 0 Å². The highest BCUT2D eigenvalue weighted by Crippen LogP contribution is 2.32. The third-order valence-electron chi connectivity index (χ3n) is 5.32. The number of rotatable bonds is 5. The maximum Gasteiger partial charge on any atom is 0.277 e. The Bertz CT molecular complexity index is 1200. The fourth-order valence-electron chi connectivity index (χ4n) is 3.71. The summed E-state index contributed by atoms with van der Waals surface area (Å²) in [4.78, 5) is 48.7. The molecule has 0 N–H and O–H groups in total. The van der Waals surface area contributed by atoms with Crippen LogP contribution in [0.1, 0.15) is 28.0 Å². The fourth-order valence-corrected chi connectivity index (χ4v) is 4.72. The number of nitro benzene ring substituents is 2. The number of anilines is 1. The quantitative estimate of drug-likeness (QED) is 0.421. The molecule has 166 valence electrons. The van der Waals surface area contributed by atoms with E-state index in [-0.39, 0.29) is 5.56 Å². The summed E-state index contributed by atoms with van der Waals surface area (Å²) < 4.78 is 0. The molecule has 1 aromatic carbocycles. The minimum absolute atomic E-state index is 0.0648. The third kappa shape index (κ3) is 4.08. The van der Waals surface area contributed by atoms with Crippen LogP contribution in [0.25, 0.3) is 10.2 Å². The van der Waals surface area contributed by atoms with Crippen LogP contribution < -0.4 is 4.90 Å². The van der Waals surface area contributed by atoms with E-state index in [1.165, 1.54) is 4.88 Å². The molecular formula is C20H20N6O5S. The zero-order valence-corrected chi connectivity index (χ0v) is 18.3. The third-order valence-corrected chi connectivity index (χ3v) is 6.49. The van der Waals surface area contributed by atoms with Crippen LogP contribution in [0, 0.1) is 27.2 Å². The van der Waals surface area contributed by atoms with Gasteiger partial charge in [-0.3, -0.25) is 25.0 Å². The summed E-state index contributed by atoms with van der Waals surface area (Å²) >= 11 is 1.65. The Morgan fingerprint density at radius 2 is 1.66 bits per heavy atom. The number of aromatic nitrogens is 2. The lowest BCUT2D eigenvalue weighted by atomic mass is 10.1. The highest BCUT2D eigenvalue weighted by molar-refractivity contribution is 7.18. The van der Waals surface area contributed by atoms with Gasteiger partial charge in [0.15, 0.2) is 0 Å². The number of piperazine rings is 1. The molecular weight excluding hydrogens is 436 g/mol. The molecule has 3 heterocycles. The van der Waals surface area contributed by atoms with Crippen molar-refractivity contribution in [3.63, 3.8) is 0 Å². The summed E-state index contributed by atoms with van der Waals surface area (Å²) in [5.74, 6) is 1.05. The SMILES string of the molecule is CCc1cc2c(N3CCN(C(=O)c4cc([N+](=O)[O-])cc([N+](=O)[O-])c4)CC3)nc(C)nc2s1. The molecule has 3 aromatic rings. The molecule has 0 bridgehead atoms. The van der Waals surface area contributed by atoms with Crippen molar-refractivity contribution in [3.05, 3.63) is 60.8 Å². The number of carbonyl (C=O) groups excluding carboxylic acids is 1. The Labute approximate surface area is 186 Å². The number of hydrogen-bond donors (Lipinski definition) is 0. The lowest BCUT2D eigenvalue weighted by Crippen LogP contribution is -2.49. The normalized spacial score (nSPS) is 14.1. The summed E-state index contributed by atoms with van der Waals surface area (Å²) in [5, 5.41) is 23.2. The Morgan fingerprint density at radius 1 is 1.03 bits per heavy atom. The van der Waals surface area contributed by atoms with Gasteiger partial charge in [-0.25, -0.2) is 9.97 Å². The van der Waals surface area contributed by atoms with Gasteiger partial charge in [0.25, 0.3) is 17.3 Å². The molecule has 0 radical (unpaired) electrons. The molecule has 0 spiro atoms. The molecule has 0 unspecified atom stereocenters. The molecule has 1 fully saturated rings. The van der Waals surface area contributed by atoms with Crippen LogP contribution in [0.2, 0.25) is 0 Å². The van der Waals surface area contributed by atoms with Gasteiger partial charge >= 0.3 is 0 Å². The van der Waals surface area contributed by atoms with Crippen LogP contribution >= 0.6 is 11.3 Å². The van der Waals surface area contributed by atoms with E-state index < -0.39 is 27.1 Å². The standard InChI is InChI=1S/C20H20N6O5S/c1-3-16-11-17-18(21-12(2)22-19(17)32-16)23-4-6-24(7-5-23)20(27)13-8-14(25(28)29)10-15(9-13)26(30)31/h8-11H,3-7H2,1-2H3. The van der Waals surface area contributed by atoms with E-state index in [0.29, 0.717) is 32.0 Å². The van der Waals surface area contributed by atoms with E-state index in [1.807, 2.05) is 6.92 Å². The van der Waals surface area contributed by atoms with Gasteiger partial charge in [-0.2, -0.15) is 0 Å². The number of fused-ring (bicyclic) bond motifs is 1. The van der Waals surface area contributed by atoms with Crippen LogP contribution in [0.5, 0.6) is 0 Å². The highest BCUT2D eigenvalue weighted by atomic mass is 32.1. The fraction of sp³-hybridized carbons (Fsp3) is 0.350. The van der Waals surface area contributed by atoms with Gasteiger partial charge in [0.2, 0.25) is 0 Å². The Hall–Kier alpha value is -3.67. The van der Waals surface area contributed by atoms with Gasteiger partial charge in [-0.15, -0.1) is 11.3 Å². The van der Waals surface area contributed by atoms with Crippen molar-refractivity contribution in [1.29, 1.82) is 0 Å². The Kier molecular flexibility index (Phi) is 5.70. The van der Waals surface area contributed by atoms with Crippen molar-refractivity contribution in [2.45, 2.75) is 20.3 Å². The number of hydrogen-bond acceptors (Lipinski definition) is 9. The summed E-state index contributed by atoms with van der Waals surface area (Å²) in [7, 11) is 0. The second-order valence-corrected chi connectivity index (χ2v) is 8.53. The highest BCUT2D eigenvalue weighted by Gasteiger charge is 2.27. The van der Waals surface area contributed by atoms with Crippen LogP contribution in [-0.2, 0) is 6.42 Å². The zero-order chi connectivity index (χ0) is 23.0. The first-order chi connectivity index (χ1) is 15.3. The zero-order valence-electron chi connectivity index (χ0n) is 17.5. The van der Waals surface area contributed by atoms with Crippen molar-refractivity contribution in [1.82, 2.24) is 14.9 Å². The van der Waals surface area contributed by atoms with E-state index in [2.05, 4.69) is 27.9 Å². The first-order valence-electron chi connectivity index (χ1n) is 10.0. The molecule has 12 heteroatoms. The number of nitrogens with zero attached hydrogens (tertiary/aromatic N) is 6. The lowest BCUT2D eigenvalue weighted by Gasteiger charge is -2.35. The Balaban J connectivity index is 1.55. The molecule has 1 aliphatic heterocycles. The maximum atomic E-state index is 12.9. The predicted molar refractivity (Wildman–Crippen MR) is 119 cm³/mol. The predicted octanol–water partition coefficient (Wildman–Crippen LogP) is 3.34. The first-order valence-corrected chi connectivity index (χ1v) is 10.8. The van der Waals surface area contributed by atoms with Gasteiger partial charge in [0, 0.05) is 43.2 Å². The molecule has 4 rings (SSSR count). The van der Waals surface area contributed by atoms with Gasteiger partial charge in [0.05, 0.1) is 26.9 Å². The second-order valence-electron chi connectivity index (χ2n) is 7.41. The molecule has 32 heavy (non-hydrogen) atoms. The van der Waals surface area contributed by atoms with Crippen molar-refractivity contribution in [2.24, 2.45) is 0 Å². The average Bonchev–Trinajstić information content (AvgIpc) is 3.20. The molecule has 1 aliphatic rings. The summed E-state index contributed by atoms with van der Waals surface area (Å²) in [6.07, 6.45) is 0.914. The van der Waals surface area contributed by atoms with Crippen molar-refractivity contribution in [2.75, 3.05) is 31.1 Å². The molecule has 11 nitrogen and oxygen atoms in total. The average molecular weight is 456 g/mol. The van der Waals surface area contributed by atoms with Gasteiger partial charge in [-0.05, 0) is 19.4 Å². The first kappa shape index (κ1) is 21.6. The molecule has 0 atom stereocenters. The number of amides is 1. The van der Waals surface area contributed by atoms with E-state index >= 15 is 0 Å². The van der Waals surface area contributed by atoms with E-state index in [1.54, 1.807) is 16.2 Å². The summed E-state index contributed by atoms with van der Waals surface area (Å²) in [6, 6.07) is 5.12. The van der Waals surface area contributed by atoms with Crippen molar-refractivity contribution >= 4 is 44.7 Å². The summed E-state index contributed by atoms with van der Waals surface area (Å²) in [6.45, 7) is 5.71. The maximum absolute atomic E-state index is 12.9. The topological polar surface area (TPSA) is 136 Å². The number of carbonyl (C=O) groups is 1. The molecule has 0 aliphatic carbocycles. The van der Waals surface area contributed by atoms with Crippen LogP contribution in [-0.4, -0.2) is 56.8 Å². The summed E-state index contributed by atoms with van der Waals surface area (Å²) in [5.41, 5.74) is -1.03. The Morgan fingerprint density at radius 3 is 2.22 bits per heavy atom. The van der Waals surface area contributed by atoms with Crippen molar-refractivity contribution < 1.29 is 14.6 Å². The largest absolute Gasteiger partial charge is 0.352 e. The number of thiophene rings is 1. The molecule has 1 amide bonds. The second kappa shape index (κ2) is 8.46. The number of benzene rings is 1. The van der Waals surface area contributed by atoms with Gasteiger partial charge in [0.1, 0.15) is 16.5 Å². The lowest BCUT2D eigenvalue weighted by molar-refractivity contribution is -0.394. The van der Waals surface area contributed by atoms with Crippen molar-refractivity contribution in [3.8, 4) is 0 Å². The van der Waals surface area contributed by atoms with E-state index in [0.717, 1.165) is 40.7 Å².